The van der Waals surface area contributed by atoms with Crippen LogP contribution in [0.2, 0.25) is 0 Å². The third-order valence-corrected chi connectivity index (χ3v) is 14.0. The summed E-state index contributed by atoms with van der Waals surface area (Å²) in [5, 5.41) is 8.16. The smallest absolute Gasteiger partial charge is 0.326 e. The molecule has 65 heavy (non-hydrogen) atoms. The minimum absolute atomic E-state index is 0.0580. The fourth-order valence-corrected chi connectivity index (χ4v) is 10.5. The van der Waals surface area contributed by atoms with Crippen LogP contribution in [0.15, 0.2) is 46.9 Å². The summed E-state index contributed by atoms with van der Waals surface area (Å²) in [5.41, 5.74) is 9.57. The van der Waals surface area contributed by atoms with E-state index in [1.807, 2.05) is 32.4 Å². The lowest BCUT2D eigenvalue weighted by Gasteiger charge is -2.36. The highest BCUT2D eigenvalue weighted by atomic mass is 32.1. The second kappa shape index (κ2) is 20.5. The number of allylic oxidation sites excluding steroid dienone is 1. The first-order chi connectivity index (χ1) is 31.1. The Labute approximate surface area is 386 Å². The van der Waals surface area contributed by atoms with E-state index in [1.165, 1.54) is 22.4 Å². The summed E-state index contributed by atoms with van der Waals surface area (Å²) in [4.78, 5) is 89.3. The number of rotatable bonds is 8. The molecule has 17 heteroatoms. The van der Waals surface area contributed by atoms with Gasteiger partial charge >= 0.3 is 6.17 Å². The zero-order valence-electron chi connectivity index (χ0n) is 39.1. The Bertz CT molecular complexity index is 2370. The number of aromatic nitrogens is 2. The van der Waals surface area contributed by atoms with Gasteiger partial charge in [-0.05, 0) is 81.6 Å². The predicted molar refractivity (Wildman–Crippen MR) is 251 cm³/mol. The fraction of sp³-hybridized carbons (Fsp3) is 0.583. The van der Waals surface area contributed by atoms with E-state index in [0.717, 1.165) is 70.4 Å². The van der Waals surface area contributed by atoms with Crippen molar-refractivity contribution in [3.05, 3.63) is 63.1 Å². The molecule has 4 aliphatic rings. The van der Waals surface area contributed by atoms with Crippen LogP contribution in [0.3, 0.4) is 0 Å². The van der Waals surface area contributed by atoms with Crippen molar-refractivity contribution in [1.29, 1.82) is 0 Å². The molecule has 4 aliphatic heterocycles. The van der Waals surface area contributed by atoms with Crippen molar-refractivity contribution in [2.75, 3.05) is 39.9 Å². The summed E-state index contributed by atoms with van der Waals surface area (Å²) in [7, 11) is 3.79. The number of fused-ring (bicyclic) bond motifs is 6. The number of thiazole rings is 1. The maximum absolute atomic E-state index is 14.7. The number of amides is 4. The van der Waals surface area contributed by atoms with Gasteiger partial charge in [0.25, 0.3) is 5.91 Å². The van der Waals surface area contributed by atoms with E-state index in [2.05, 4.69) is 61.0 Å². The molecule has 7 rings (SSSR count). The lowest BCUT2D eigenvalue weighted by molar-refractivity contribution is -0.835. The van der Waals surface area contributed by atoms with Crippen LogP contribution in [0.25, 0.3) is 27.7 Å². The highest BCUT2D eigenvalue weighted by Crippen LogP contribution is 2.41. The summed E-state index contributed by atoms with van der Waals surface area (Å²) in [6, 6.07) is 4.40. The average molecular weight is 913 g/mol. The van der Waals surface area contributed by atoms with E-state index in [1.54, 1.807) is 16.9 Å². The molecule has 0 spiro atoms. The van der Waals surface area contributed by atoms with Crippen molar-refractivity contribution in [2.45, 2.75) is 123 Å². The molecule has 0 unspecified atom stereocenters. The maximum atomic E-state index is 14.7. The van der Waals surface area contributed by atoms with Gasteiger partial charge in [0.1, 0.15) is 12.1 Å². The van der Waals surface area contributed by atoms with Crippen LogP contribution in [-0.2, 0) is 48.6 Å². The molecule has 350 valence electrons. The van der Waals surface area contributed by atoms with Gasteiger partial charge in [-0.2, -0.15) is 5.43 Å². The summed E-state index contributed by atoms with van der Waals surface area (Å²) >= 11 is 1.41. The number of carbonyl (C=O) groups is 4. The third kappa shape index (κ3) is 10.6. The van der Waals surface area contributed by atoms with Crippen LogP contribution in [0.1, 0.15) is 102 Å². The highest BCUT2D eigenvalue weighted by Gasteiger charge is 2.41. The van der Waals surface area contributed by atoms with Gasteiger partial charge in [-0.25, -0.2) is 9.82 Å². The normalized spacial score (nSPS) is 22.4. The van der Waals surface area contributed by atoms with E-state index in [4.69, 9.17) is 19.6 Å². The molecule has 0 saturated carbocycles. The van der Waals surface area contributed by atoms with Crippen LogP contribution in [0, 0.1) is 16.2 Å². The number of methoxy groups -OCH3 is 1. The van der Waals surface area contributed by atoms with Crippen LogP contribution in [0.5, 0.6) is 0 Å². The minimum atomic E-state index is -1.08. The molecule has 4 atom stereocenters. The highest BCUT2D eigenvalue weighted by molar-refractivity contribution is 7.10. The van der Waals surface area contributed by atoms with Gasteiger partial charge in [-0.3, -0.25) is 29.2 Å². The molecule has 2 fully saturated rings. The van der Waals surface area contributed by atoms with Gasteiger partial charge in [-0.1, -0.05) is 40.3 Å². The zero-order valence-corrected chi connectivity index (χ0v) is 39.9. The van der Waals surface area contributed by atoms with Gasteiger partial charge in [0.05, 0.1) is 27.4 Å². The van der Waals surface area contributed by atoms with Gasteiger partial charge < -0.3 is 24.4 Å². The molecule has 16 nitrogen and oxygen atoms in total. The van der Waals surface area contributed by atoms with Crippen molar-refractivity contribution < 1.29 is 33.7 Å². The molecule has 2 N–H and O–H groups in total. The standard InChI is InChI=1S/C48H65N9O7S/c1-9-41(58)54-21-11-10-12-22-55(42(59)19-24-54)44(30(2)3)46(60)51-36-26-40-50-37(28-65-40)32-17-18-38-34(25-32)35(45(53(38)7)33-15-13-20-49-43(33)31(4)63-8)27-48(5,6)29-64-57(62)39-16-14-23-56(52-39)47(36)61/h9,17-18,20,25,28,30-31,36,39,44,52H,1,10-16,19,21-24,26-27,29H2,2-8H3/p+1/t31-,36-,39+,44-/m0/s1. The second-order valence-electron chi connectivity index (χ2n) is 18.9. The molecule has 2 aromatic heterocycles. The lowest BCUT2D eigenvalue weighted by atomic mass is 9.83. The van der Waals surface area contributed by atoms with Crippen LogP contribution in [0.4, 0.5) is 0 Å². The number of hydrazine groups is 1. The van der Waals surface area contributed by atoms with Crippen molar-refractivity contribution in [2.24, 2.45) is 23.4 Å². The number of ether oxygens (including phenoxy) is 1. The maximum Gasteiger partial charge on any atom is 0.326 e. The Balaban J connectivity index is 1.26. The molecule has 6 heterocycles. The van der Waals surface area contributed by atoms with Crippen molar-refractivity contribution in [1.82, 2.24) is 35.1 Å². The first-order valence-electron chi connectivity index (χ1n) is 23.1. The molecule has 6 bridgehead atoms. The number of benzene rings is 1. The van der Waals surface area contributed by atoms with Gasteiger partial charge in [0.2, 0.25) is 22.6 Å². The Morgan fingerprint density at radius 1 is 1.09 bits per heavy atom. The molecule has 3 aromatic rings. The number of nitrogens with zero attached hydrogens (tertiary/aromatic N) is 7. The number of hydrogen-bond donors (Lipinski definition) is 2. The van der Waals surface area contributed by atoms with Crippen molar-refractivity contribution in [3.8, 4) is 11.3 Å². The Morgan fingerprint density at radius 2 is 1.88 bits per heavy atom. The number of aliphatic imine (C=N–C) groups is 1. The fourth-order valence-electron chi connectivity index (χ4n) is 9.64. The van der Waals surface area contributed by atoms with E-state index >= 15 is 0 Å². The molecule has 2 saturated heterocycles. The third-order valence-electron chi connectivity index (χ3n) is 13.1. The largest absolute Gasteiger partial charge is 0.375 e. The number of nitrogens with one attached hydrogen (secondary N) is 2. The Morgan fingerprint density at radius 3 is 2.63 bits per heavy atom. The monoisotopic (exact) mass is 912 g/mol. The molecule has 4 amide bonds. The molecular weight excluding hydrogens is 847 g/mol. The molecule has 1 aromatic carbocycles. The first-order valence-corrected chi connectivity index (χ1v) is 24.0. The van der Waals surface area contributed by atoms with E-state index in [9.17, 15) is 24.1 Å². The minimum Gasteiger partial charge on any atom is -0.375 e. The van der Waals surface area contributed by atoms with Crippen LogP contribution >= 0.6 is 11.3 Å². The summed E-state index contributed by atoms with van der Waals surface area (Å²) in [5.74, 6) is -1.63. The molecular formula is C48H66N9O7S+. The van der Waals surface area contributed by atoms with E-state index in [-0.39, 0.29) is 49.8 Å². The Hall–Kier alpha value is -5.26. The van der Waals surface area contributed by atoms with Gasteiger partial charge in [-0.15, -0.1) is 11.3 Å². The van der Waals surface area contributed by atoms with Crippen molar-refractivity contribution in [3.63, 3.8) is 0 Å². The van der Waals surface area contributed by atoms with Crippen LogP contribution < -0.4 is 10.7 Å². The lowest BCUT2D eigenvalue weighted by Crippen LogP contribution is -2.62. The van der Waals surface area contributed by atoms with E-state index in [0.29, 0.717) is 55.2 Å². The summed E-state index contributed by atoms with van der Waals surface area (Å²) in [6.07, 6.45) is 7.67. The number of aryl methyl sites for hydroxylation is 1. The molecule has 0 aliphatic carbocycles. The van der Waals surface area contributed by atoms with Gasteiger partial charge in [0, 0.05) is 104 Å². The van der Waals surface area contributed by atoms with Crippen molar-refractivity contribution >= 4 is 57.7 Å². The van der Waals surface area contributed by atoms with Crippen LogP contribution in [-0.4, -0.2) is 123 Å². The van der Waals surface area contributed by atoms with E-state index < -0.39 is 35.5 Å². The summed E-state index contributed by atoms with van der Waals surface area (Å²) in [6.45, 7) is 15.2. The first kappa shape index (κ1) is 47.7. The zero-order chi connectivity index (χ0) is 46.6. The number of hydrogen-bond acceptors (Lipinski definition) is 11. The molecule has 0 radical (unpaired) electrons. The Kier molecular flexibility index (Phi) is 15.0. The SMILES string of the molecule is C=CC(=O)N1CCCCCN([C@H](C(=O)N[C@H]2Cc3nc(cs3)-c3ccc4c(c3)c(c(C3=C([C@H](C)OC)N=CCC3)n4C)CC(C)(C)CO[N+](=O)[C@@H]3CCCN(N3)C2=O)C(C)C)C(=O)CC1. The average Bonchev–Trinajstić information content (AvgIpc) is 3.87. The van der Waals surface area contributed by atoms with Gasteiger partial charge in [0.15, 0.2) is 6.61 Å². The second-order valence-corrected chi connectivity index (χ2v) is 19.8. The topological polar surface area (TPSA) is 171 Å². The quantitative estimate of drug-likeness (QED) is 0.253. The predicted octanol–water partition coefficient (Wildman–Crippen LogP) is 6.13. The summed E-state index contributed by atoms with van der Waals surface area (Å²) < 4.78 is 8.05. The number of carbonyl (C=O) groups excluding carboxylic acids is 4.